The molecule has 2 saturated heterocycles. The molecule has 8 heteroatoms. The molecule has 2 unspecified atom stereocenters. The third-order valence-corrected chi connectivity index (χ3v) is 9.70. The van der Waals surface area contributed by atoms with Crippen LogP contribution < -0.4 is 0 Å². The maximum atomic E-state index is 13.3. The lowest BCUT2D eigenvalue weighted by molar-refractivity contribution is 0.249. The maximum absolute atomic E-state index is 13.3. The third kappa shape index (κ3) is 3.61. The smallest absolute Gasteiger partial charge is 0.229 e. The first-order valence-corrected chi connectivity index (χ1v) is 13.0. The minimum Gasteiger partial charge on any atom is -0.229 e. The molecule has 2 bridgehead atoms. The topological polar surface area (TPSA) is 71.5 Å². The number of hydrogen-bond donors (Lipinski definition) is 0. The zero-order valence-corrected chi connectivity index (χ0v) is 17.8. The Balaban J connectivity index is 1.60. The van der Waals surface area contributed by atoms with Gasteiger partial charge >= 0.3 is 0 Å². The van der Waals surface area contributed by atoms with Crippen LogP contribution >= 0.6 is 11.6 Å². The van der Waals surface area contributed by atoms with Gasteiger partial charge in [-0.3, -0.25) is 0 Å². The number of sulfone groups is 1. The van der Waals surface area contributed by atoms with E-state index in [1.165, 1.54) is 6.26 Å². The van der Waals surface area contributed by atoms with Crippen LogP contribution in [0.4, 0.5) is 0 Å². The number of fused-ring (bicyclic) bond motifs is 2. The van der Waals surface area contributed by atoms with Gasteiger partial charge in [0.2, 0.25) is 10.0 Å². The molecule has 2 aromatic carbocycles. The Morgan fingerprint density at radius 3 is 1.75 bits per heavy atom. The molecule has 0 radical (unpaired) electrons. The van der Waals surface area contributed by atoms with Crippen LogP contribution in [0.1, 0.15) is 25.7 Å². The van der Waals surface area contributed by atoms with Crippen molar-refractivity contribution in [2.45, 2.75) is 47.9 Å². The Morgan fingerprint density at radius 1 is 0.821 bits per heavy atom. The monoisotopic (exact) mass is 439 g/mol. The maximum Gasteiger partial charge on any atom is 0.243 e. The second-order valence-corrected chi connectivity index (χ2v) is 12.3. The highest BCUT2D eigenvalue weighted by molar-refractivity contribution is 7.91. The zero-order chi connectivity index (χ0) is 20.1. The van der Waals surface area contributed by atoms with E-state index in [1.54, 1.807) is 40.7 Å². The predicted octanol–water partition coefficient (Wildman–Crippen LogP) is 3.74. The molecule has 2 aromatic rings. The summed E-state index contributed by atoms with van der Waals surface area (Å²) < 4.78 is 52.0. The highest BCUT2D eigenvalue weighted by Crippen LogP contribution is 2.41. The van der Waals surface area contributed by atoms with Gasteiger partial charge in [0.15, 0.2) is 0 Å². The van der Waals surface area contributed by atoms with Gasteiger partial charge < -0.3 is 0 Å². The molecule has 0 saturated carbocycles. The van der Waals surface area contributed by atoms with Crippen LogP contribution in [-0.2, 0) is 19.9 Å². The van der Waals surface area contributed by atoms with Crippen molar-refractivity contribution in [3.05, 3.63) is 53.6 Å². The van der Waals surface area contributed by atoms with Gasteiger partial charge in [-0.05, 0) is 61.1 Å². The SMILES string of the molecule is CS(=O)(=O)C1CC2CCC(C1)N2S(=O)(=O)c1ccc(-c2ccc(Cl)cc2)cc1. The molecule has 5 nitrogen and oxygen atoms in total. The normalized spacial score (nSPS) is 25.7. The van der Waals surface area contributed by atoms with Crippen molar-refractivity contribution >= 4 is 31.5 Å². The van der Waals surface area contributed by atoms with Crippen molar-refractivity contribution < 1.29 is 16.8 Å². The van der Waals surface area contributed by atoms with Crippen LogP contribution in [0.2, 0.25) is 5.02 Å². The summed E-state index contributed by atoms with van der Waals surface area (Å²) in [5, 5.41) is 0.208. The fraction of sp³-hybridized carbons (Fsp3) is 0.400. The van der Waals surface area contributed by atoms with Crippen LogP contribution in [0.3, 0.4) is 0 Å². The average Bonchev–Trinajstić information content (AvgIpc) is 2.93. The van der Waals surface area contributed by atoms with Crippen molar-refractivity contribution in [3.63, 3.8) is 0 Å². The molecule has 4 rings (SSSR count). The van der Waals surface area contributed by atoms with E-state index in [1.807, 2.05) is 12.1 Å². The number of benzene rings is 2. The molecule has 150 valence electrons. The van der Waals surface area contributed by atoms with Crippen LogP contribution in [0, 0.1) is 0 Å². The quantitative estimate of drug-likeness (QED) is 0.727. The highest BCUT2D eigenvalue weighted by Gasteiger charge is 2.49. The van der Waals surface area contributed by atoms with E-state index in [0.29, 0.717) is 17.9 Å². The summed E-state index contributed by atoms with van der Waals surface area (Å²) in [4.78, 5) is 0.250. The van der Waals surface area contributed by atoms with Gasteiger partial charge in [0.05, 0.1) is 10.1 Å². The highest BCUT2D eigenvalue weighted by atomic mass is 35.5. The Kier molecular flexibility index (Phi) is 5.06. The standard InChI is InChI=1S/C20H22ClNO4S2/c1-27(23,24)20-12-17-8-9-18(13-20)22(17)28(25,26)19-10-4-15(5-11-19)14-2-6-16(21)7-3-14/h2-7,10-11,17-18,20H,8-9,12-13H2,1H3. The van der Waals surface area contributed by atoms with Gasteiger partial charge in [0.25, 0.3) is 0 Å². The summed E-state index contributed by atoms with van der Waals surface area (Å²) in [5.74, 6) is 0. The van der Waals surface area contributed by atoms with Crippen molar-refractivity contribution in [3.8, 4) is 11.1 Å². The molecule has 0 amide bonds. The molecule has 0 N–H and O–H groups in total. The lowest BCUT2D eigenvalue weighted by atomic mass is 10.1. The van der Waals surface area contributed by atoms with Crippen molar-refractivity contribution in [2.24, 2.45) is 0 Å². The Labute approximate surface area is 171 Å². The first-order chi connectivity index (χ1) is 13.2. The fourth-order valence-electron chi connectivity index (χ4n) is 4.41. The fourth-order valence-corrected chi connectivity index (χ4v) is 7.57. The summed E-state index contributed by atoms with van der Waals surface area (Å²) in [5.41, 5.74) is 1.87. The van der Waals surface area contributed by atoms with Gasteiger partial charge in [-0.25, -0.2) is 16.8 Å². The van der Waals surface area contributed by atoms with E-state index in [2.05, 4.69) is 0 Å². The number of hydrogen-bond acceptors (Lipinski definition) is 4. The zero-order valence-electron chi connectivity index (χ0n) is 15.5. The van der Waals surface area contributed by atoms with Crippen molar-refractivity contribution in [2.75, 3.05) is 6.26 Å². The van der Waals surface area contributed by atoms with Crippen LogP contribution in [0.5, 0.6) is 0 Å². The number of sulfonamides is 1. The largest absolute Gasteiger partial charge is 0.243 e. The van der Waals surface area contributed by atoms with E-state index < -0.39 is 25.1 Å². The number of rotatable bonds is 4. The minimum atomic E-state index is -3.66. The molecule has 0 aliphatic carbocycles. The van der Waals surface area contributed by atoms with Gasteiger partial charge in [-0.15, -0.1) is 0 Å². The van der Waals surface area contributed by atoms with Crippen LogP contribution in [0.15, 0.2) is 53.4 Å². The van der Waals surface area contributed by atoms with Crippen LogP contribution in [-0.4, -0.2) is 44.7 Å². The van der Waals surface area contributed by atoms with Crippen molar-refractivity contribution in [1.29, 1.82) is 0 Å². The van der Waals surface area contributed by atoms with E-state index in [9.17, 15) is 16.8 Å². The van der Waals surface area contributed by atoms with Gasteiger partial charge in [-0.2, -0.15) is 4.31 Å². The predicted molar refractivity (Wildman–Crippen MR) is 111 cm³/mol. The second kappa shape index (κ2) is 7.13. The lowest BCUT2D eigenvalue weighted by Gasteiger charge is -2.37. The van der Waals surface area contributed by atoms with E-state index in [4.69, 9.17) is 11.6 Å². The molecule has 0 spiro atoms. The molecule has 28 heavy (non-hydrogen) atoms. The van der Waals surface area contributed by atoms with Gasteiger partial charge in [0, 0.05) is 23.4 Å². The summed E-state index contributed by atoms with van der Waals surface area (Å²) >= 11 is 5.92. The molecule has 2 fully saturated rings. The second-order valence-electron chi connectivity index (χ2n) is 7.67. The Hall–Kier alpha value is -1.41. The van der Waals surface area contributed by atoms with Crippen LogP contribution in [0.25, 0.3) is 11.1 Å². The summed E-state index contributed by atoms with van der Waals surface area (Å²) in [7, 11) is -6.81. The van der Waals surface area contributed by atoms with Gasteiger partial charge in [-0.1, -0.05) is 35.9 Å². The minimum absolute atomic E-state index is 0.237. The lowest BCUT2D eigenvalue weighted by Crippen LogP contribution is -2.49. The van der Waals surface area contributed by atoms with Gasteiger partial charge in [0.1, 0.15) is 9.84 Å². The molecule has 2 aliphatic rings. The molecular weight excluding hydrogens is 418 g/mol. The third-order valence-electron chi connectivity index (χ3n) is 5.84. The Bertz CT molecular complexity index is 1070. The first kappa shape index (κ1) is 19.9. The number of piperidine rings is 1. The summed E-state index contributed by atoms with van der Waals surface area (Å²) in [6, 6.07) is 13.7. The van der Waals surface area contributed by atoms with E-state index >= 15 is 0 Å². The summed E-state index contributed by atoms with van der Waals surface area (Å²) in [6.07, 6.45) is 3.46. The number of nitrogens with zero attached hydrogens (tertiary/aromatic N) is 1. The Morgan fingerprint density at radius 2 is 1.29 bits per heavy atom. The molecule has 2 heterocycles. The average molecular weight is 440 g/mol. The summed E-state index contributed by atoms with van der Waals surface area (Å²) in [6.45, 7) is 0. The first-order valence-electron chi connectivity index (χ1n) is 9.24. The molecule has 2 aliphatic heterocycles. The molecule has 2 atom stereocenters. The van der Waals surface area contributed by atoms with E-state index in [-0.39, 0.29) is 17.0 Å². The van der Waals surface area contributed by atoms with Crippen molar-refractivity contribution in [1.82, 2.24) is 4.31 Å². The number of halogens is 1. The molecule has 0 aromatic heterocycles. The van der Waals surface area contributed by atoms with E-state index in [0.717, 1.165) is 24.0 Å². The molecular formula is C20H22ClNO4S2.